The Kier molecular flexibility index (Phi) is 6.64. The first kappa shape index (κ1) is 21.1. The summed E-state index contributed by atoms with van der Waals surface area (Å²) < 4.78 is 0. The number of benzene rings is 2. The van der Waals surface area contributed by atoms with Crippen molar-refractivity contribution in [3.63, 3.8) is 0 Å². The van der Waals surface area contributed by atoms with Crippen LogP contribution in [0, 0.1) is 0 Å². The number of nitrogens with one attached hydrogen (secondary N) is 1. The van der Waals surface area contributed by atoms with Crippen LogP contribution >= 0.6 is 23.1 Å². The molecule has 2 aromatic carbocycles. The average molecular weight is 449 g/mol. The van der Waals surface area contributed by atoms with Crippen LogP contribution in [0.25, 0.3) is 6.08 Å². The third-order valence-electron chi connectivity index (χ3n) is 4.85. The number of hydrogen-bond donors (Lipinski definition) is 1. The van der Waals surface area contributed by atoms with Crippen molar-refractivity contribution >= 4 is 46.2 Å². The van der Waals surface area contributed by atoms with E-state index in [2.05, 4.69) is 5.32 Å². The minimum absolute atomic E-state index is 0.133. The van der Waals surface area contributed by atoms with Crippen molar-refractivity contribution in [1.82, 2.24) is 10.2 Å². The van der Waals surface area contributed by atoms with Crippen molar-refractivity contribution in [2.45, 2.75) is 5.92 Å². The summed E-state index contributed by atoms with van der Waals surface area (Å²) in [7, 11) is 0. The molecule has 1 fully saturated rings. The fourth-order valence-corrected chi connectivity index (χ4v) is 4.96. The molecule has 1 aliphatic rings. The topological polar surface area (TPSA) is 66.5 Å². The average Bonchev–Trinajstić information content (AvgIpc) is 3.39. The molecule has 1 aliphatic heterocycles. The van der Waals surface area contributed by atoms with Crippen molar-refractivity contribution in [1.29, 1.82) is 0 Å². The molecule has 3 aromatic rings. The Morgan fingerprint density at radius 1 is 0.935 bits per heavy atom. The molecular weight excluding hydrogens is 428 g/mol. The Hall–Kier alpha value is -3.16. The van der Waals surface area contributed by atoms with Crippen LogP contribution in [0.5, 0.6) is 0 Å². The van der Waals surface area contributed by atoms with E-state index in [4.69, 9.17) is 0 Å². The van der Waals surface area contributed by atoms with E-state index in [1.165, 1.54) is 16.2 Å². The summed E-state index contributed by atoms with van der Waals surface area (Å²) in [5, 5.41) is 4.50. The summed E-state index contributed by atoms with van der Waals surface area (Å²) >= 11 is 2.44. The maximum atomic E-state index is 13.0. The molecule has 0 aliphatic carbocycles. The van der Waals surface area contributed by atoms with Gasteiger partial charge in [-0.2, -0.15) is 0 Å². The lowest BCUT2D eigenvalue weighted by atomic mass is 9.90. The lowest BCUT2D eigenvalue weighted by Gasteiger charge is -2.19. The largest absolute Gasteiger partial charge is 0.353 e. The highest BCUT2D eigenvalue weighted by Crippen LogP contribution is 2.32. The summed E-state index contributed by atoms with van der Waals surface area (Å²) in [6.07, 6.45) is 1.73. The van der Waals surface area contributed by atoms with Crippen molar-refractivity contribution in [3.8, 4) is 0 Å². The fraction of sp³-hybridized carbons (Fsp3) is 0.125. The zero-order valence-electron chi connectivity index (χ0n) is 16.6. The maximum Gasteiger partial charge on any atom is 0.293 e. The van der Waals surface area contributed by atoms with Crippen LogP contribution in [0.3, 0.4) is 0 Å². The first-order valence-electron chi connectivity index (χ1n) is 9.80. The summed E-state index contributed by atoms with van der Waals surface area (Å²) in [4.78, 5) is 40.5. The van der Waals surface area contributed by atoms with Crippen LogP contribution < -0.4 is 5.32 Å². The van der Waals surface area contributed by atoms with E-state index in [9.17, 15) is 14.4 Å². The minimum Gasteiger partial charge on any atom is -0.353 e. The number of thiophene rings is 1. The second-order valence-corrected chi connectivity index (χ2v) is 8.87. The standard InChI is InChI=1S/C24H20N2O3S2/c27-22(21(17-8-3-1-4-9-17)18-10-5-2-6-11-18)25-13-14-26-23(28)20(31-24(26)29)16-19-12-7-15-30-19/h1-12,15-16,21H,13-14H2,(H,25,27). The normalized spacial score (nSPS) is 15.1. The number of nitrogens with zero attached hydrogens (tertiary/aromatic N) is 1. The van der Waals surface area contributed by atoms with E-state index in [1.807, 2.05) is 78.2 Å². The van der Waals surface area contributed by atoms with Gasteiger partial charge >= 0.3 is 0 Å². The van der Waals surface area contributed by atoms with Gasteiger partial charge in [0.2, 0.25) is 5.91 Å². The fourth-order valence-electron chi connectivity index (χ4n) is 3.37. The zero-order valence-corrected chi connectivity index (χ0v) is 18.2. The van der Waals surface area contributed by atoms with Crippen LogP contribution in [0.4, 0.5) is 4.79 Å². The molecule has 0 radical (unpaired) electrons. The molecule has 1 N–H and O–H groups in total. The van der Waals surface area contributed by atoms with Gasteiger partial charge in [-0.1, -0.05) is 66.7 Å². The Morgan fingerprint density at radius 3 is 2.16 bits per heavy atom. The third kappa shape index (κ3) is 4.95. The highest BCUT2D eigenvalue weighted by Gasteiger charge is 2.35. The summed E-state index contributed by atoms with van der Waals surface area (Å²) in [5.41, 5.74) is 1.77. The van der Waals surface area contributed by atoms with Gasteiger partial charge in [0.1, 0.15) is 0 Å². The van der Waals surface area contributed by atoms with E-state index in [0.717, 1.165) is 27.8 Å². The molecule has 0 unspecified atom stereocenters. The van der Waals surface area contributed by atoms with Gasteiger partial charge < -0.3 is 5.32 Å². The monoisotopic (exact) mass is 448 g/mol. The van der Waals surface area contributed by atoms with Crippen LogP contribution in [0.15, 0.2) is 83.1 Å². The lowest BCUT2D eigenvalue weighted by Crippen LogP contribution is -2.39. The molecule has 7 heteroatoms. The minimum atomic E-state index is -0.462. The van der Waals surface area contributed by atoms with Gasteiger partial charge in [-0.25, -0.2) is 0 Å². The van der Waals surface area contributed by atoms with Crippen molar-refractivity contribution in [2.75, 3.05) is 13.1 Å². The first-order chi connectivity index (χ1) is 15.1. The number of hydrogen-bond acceptors (Lipinski definition) is 5. The van der Waals surface area contributed by atoms with Gasteiger partial charge in [0.15, 0.2) is 0 Å². The quantitative estimate of drug-likeness (QED) is 0.531. The second kappa shape index (κ2) is 9.76. The number of carbonyl (C=O) groups is 3. The molecule has 2 heterocycles. The number of imide groups is 1. The van der Waals surface area contributed by atoms with Crippen molar-refractivity contribution in [3.05, 3.63) is 99.1 Å². The van der Waals surface area contributed by atoms with Crippen LogP contribution in [0.1, 0.15) is 21.9 Å². The summed E-state index contributed by atoms with van der Waals surface area (Å²) in [6.45, 7) is 0.327. The van der Waals surface area contributed by atoms with Gasteiger partial charge in [-0.05, 0) is 40.4 Å². The van der Waals surface area contributed by atoms with E-state index >= 15 is 0 Å². The number of carbonyl (C=O) groups excluding carboxylic acids is 3. The highest BCUT2D eigenvalue weighted by molar-refractivity contribution is 8.18. The van der Waals surface area contributed by atoms with E-state index in [-0.39, 0.29) is 30.1 Å². The SMILES string of the molecule is O=C(NCCN1C(=O)SC(=Cc2cccs2)C1=O)C(c1ccccc1)c1ccccc1. The Labute approximate surface area is 188 Å². The Bertz CT molecular complexity index is 1060. The molecule has 156 valence electrons. The number of amides is 3. The molecule has 0 saturated carbocycles. The predicted octanol–water partition coefficient (Wildman–Crippen LogP) is 4.73. The molecule has 3 amide bonds. The van der Waals surface area contributed by atoms with Gasteiger partial charge in [-0.15, -0.1) is 11.3 Å². The van der Waals surface area contributed by atoms with E-state index in [1.54, 1.807) is 6.08 Å². The molecule has 4 rings (SSSR count). The van der Waals surface area contributed by atoms with Gasteiger partial charge in [-0.3, -0.25) is 19.3 Å². The Morgan fingerprint density at radius 2 is 1.58 bits per heavy atom. The second-order valence-electron chi connectivity index (χ2n) is 6.89. The van der Waals surface area contributed by atoms with Crippen molar-refractivity contribution in [2.24, 2.45) is 0 Å². The molecule has 1 saturated heterocycles. The summed E-state index contributed by atoms with van der Waals surface area (Å²) in [5.74, 6) is -0.949. The highest BCUT2D eigenvalue weighted by atomic mass is 32.2. The number of rotatable bonds is 7. The zero-order chi connectivity index (χ0) is 21.6. The molecular formula is C24H20N2O3S2. The summed E-state index contributed by atoms with van der Waals surface area (Å²) in [6, 6.07) is 22.9. The van der Waals surface area contributed by atoms with Gasteiger partial charge in [0, 0.05) is 18.0 Å². The van der Waals surface area contributed by atoms with Gasteiger partial charge in [0.05, 0.1) is 10.8 Å². The Balaban J connectivity index is 1.42. The first-order valence-corrected chi connectivity index (χ1v) is 11.5. The molecule has 0 atom stereocenters. The number of thioether (sulfide) groups is 1. The smallest absolute Gasteiger partial charge is 0.293 e. The van der Waals surface area contributed by atoms with Gasteiger partial charge in [0.25, 0.3) is 11.1 Å². The van der Waals surface area contributed by atoms with Crippen molar-refractivity contribution < 1.29 is 14.4 Å². The molecule has 31 heavy (non-hydrogen) atoms. The predicted molar refractivity (Wildman–Crippen MR) is 125 cm³/mol. The third-order valence-corrected chi connectivity index (χ3v) is 6.58. The van der Waals surface area contributed by atoms with E-state index < -0.39 is 5.92 Å². The maximum absolute atomic E-state index is 13.0. The molecule has 0 spiro atoms. The molecule has 0 bridgehead atoms. The van der Waals surface area contributed by atoms with Crippen LogP contribution in [-0.2, 0) is 9.59 Å². The molecule has 1 aromatic heterocycles. The van der Waals surface area contributed by atoms with Crippen LogP contribution in [0.2, 0.25) is 0 Å². The van der Waals surface area contributed by atoms with E-state index in [0.29, 0.717) is 4.91 Å². The molecule has 5 nitrogen and oxygen atoms in total. The van der Waals surface area contributed by atoms with Crippen LogP contribution in [-0.4, -0.2) is 35.0 Å². The lowest BCUT2D eigenvalue weighted by molar-refractivity contribution is -0.124.